The summed E-state index contributed by atoms with van der Waals surface area (Å²) in [5, 5.41) is 2.09. The summed E-state index contributed by atoms with van der Waals surface area (Å²) < 4.78 is 9.40. The van der Waals surface area contributed by atoms with Crippen LogP contribution in [0.3, 0.4) is 0 Å². The molecule has 0 aromatic heterocycles. The van der Waals surface area contributed by atoms with Crippen LogP contribution < -0.4 is 15.9 Å². The third-order valence-electron chi connectivity index (χ3n) is 3.68. The summed E-state index contributed by atoms with van der Waals surface area (Å²) in [6.45, 7) is -3.10. The maximum absolute atomic E-state index is 7.03. The van der Waals surface area contributed by atoms with E-state index >= 15 is 0 Å². The molecule has 2 nitrogen and oxygen atoms in total. The topological polar surface area (TPSA) is 24.7 Å². The van der Waals surface area contributed by atoms with E-state index in [1.165, 1.54) is 0 Å². The van der Waals surface area contributed by atoms with Crippen molar-refractivity contribution in [3.63, 3.8) is 0 Å². The van der Waals surface area contributed by atoms with Crippen molar-refractivity contribution in [2.24, 2.45) is 9.03 Å². The molecule has 0 saturated heterocycles. The molecular weight excluding hydrogens is 514 g/mol. The first kappa shape index (κ1) is 22.7. The van der Waals surface area contributed by atoms with Gasteiger partial charge >= 0.3 is 6.92 Å². The Balaban J connectivity index is 2.23. The van der Waals surface area contributed by atoms with Gasteiger partial charge in [-0.05, 0) is 12.1 Å². The van der Waals surface area contributed by atoms with Crippen molar-refractivity contribution in [1.82, 2.24) is 0 Å². The van der Waals surface area contributed by atoms with Gasteiger partial charge in [0, 0.05) is 10.6 Å². The highest BCUT2D eigenvalue weighted by Crippen LogP contribution is 2.81. The quantitative estimate of drug-likeness (QED) is 0.295. The monoisotopic (exact) mass is 527 g/mol. The molecule has 0 heterocycles. The predicted octanol–water partition coefficient (Wildman–Crippen LogP) is 8.98. The van der Waals surface area contributed by atoms with E-state index in [4.69, 9.17) is 65.2 Å². The smallest absolute Gasteiger partial charge is 0.0634 e. The Kier molecular flexibility index (Phi) is 7.64. The van der Waals surface area contributed by atoms with Gasteiger partial charge in [0.25, 0.3) is 0 Å². The number of hydrogen-bond acceptors (Lipinski definition) is 2. The van der Waals surface area contributed by atoms with Crippen molar-refractivity contribution < 1.29 is 0 Å². The normalized spacial score (nSPS) is 12.5. The van der Waals surface area contributed by atoms with E-state index in [1.54, 1.807) is 0 Å². The van der Waals surface area contributed by atoms with Gasteiger partial charge in [0.2, 0.25) is 11.5 Å². The number of rotatable bonds is 5. The summed E-state index contributed by atoms with van der Waals surface area (Å²) in [6.07, 6.45) is 0. The van der Waals surface area contributed by atoms with E-state index in [-0.39, 0.29) is 0 Å². The number of halogens is 5. The second kappa shape index (κ2) is 9.43. The van der Waals surface area contributed by atoms with Crippen LogP contribution in [0.5, 0.6) is 0 Å². The molecule has 0 aliphatic rings. The fourth-order valence-corrected chi connectivity index (χ4v) is 16.8. The zero-order chi connectivity index (χ0) is 20.3. The van der Waals surface area contributed by atoms with Crippen LogP contribution in [0.15, 0.2) is 100 Å². The SMILES string of the molecule is ClP(Cl)(=N[P+](Cl)(N=P(Cl)(Cl)c1ccccc1)c1ccccc1)c1ccccc1. The maximum atomic E-state index is 7.03. The van der Waals surface area contributed by atoms with Gasteiger partial charge in [-0.1, -0.05) is 133 Å². The molecule has 0 aliphatic heterocycles. The van der Waals surface area contributed by atoms with E-state index < -0.39 is 18.4 Å². The summed E-state index contributed by atoms with van der Waals surface area (Å²) in [5.74, 6) is -5.93. The lowest BCUT2D eigenvalue weighted by Crippen LogP contribution is -2.04. The van der Waals surface area contributed by atoms with Crippen LogP contribution in [0.4, 0.5) is 0 Å². The van der Waals surface area contributed by atoms with Gasteiger partial charge in [0.05, 0.1) is 0 Å². The number of nitrogens with zero attached hydrogens (tertiary/aromatic N) is 2. The van der Waals surface area contributed by atoms with Gasteiger partial charge in [-0.15, -0.1) is 0 Å². The van der Waals surface area contributed by atoms with Gasteiger partial charge in [-0.25, -0.2) is 0 Å². The van der Waals surface area contributed by atoms with Crippen LogP contribution in [-0.4, -0.2) is 0 Å². The molecule has 0 bridgehead atoms. The number of hydrogen-bond donors (Lipinski definition) is 0. The molecule has 0 saturated carbocycles. The molecule has 3 aromatic rings. The van der Waals surface area contributed by atoms with Crippen LogP contribution in [0, 0.1) is 0 Å². The summed E-state index contributed by atoms with van der Waals surface area (Å²) in [6, 6.07) is 27.7. The lowest BCUT2D eigenvalue weighted by atomic mass is 10.4. The van der Waals surface area contributed by atoms with Crippen molar-refractivity contribution in [3.8, 4) is 0 Å². The van der Waals surface area contributed by atoms with Crippen molar-refractivity contribution in [2.75, 3.05) is 0 Å². The minimum Gasteiger partial charge on any atom is -0.0634 e. The third kappa shape index (κ3) is 5.57. The standard InChI is InChI=1S/C18H15Cl5N2P3/c19-26(20,16-10-4-1-5-11-16)24-28(23,18-14-8-3-9-15-18)25-27(21,22)17-12-6-2-7-13-17/h1-15H/q+1. The summed E-state index contributed by atoms with van der Waals surface area (Å²) in [5.41, 5.74) is 0. The average molecular weight is 530 g/mol. The molecule has 0 radical (unpaired) electrons. The summed E-state index contributed by atoms with van der Waals surface area (Å²) >= 11 is 33.8. The first-order chi connectivity index (χ1) is 13.2. The minimum atomic E-state index is -3.10. The largest absolute Gasteiger partial charge is 0.379 e. The summed E-state index contributed by atoms with van der Waals surface area (Å²) in [4.78, 5) is 0. The van der Waals surface area contributed by atoms with E-state index in [1.807, 2.05) is 91.0 Å². The van der Waals surface area contributed by atoms with Crippen LogP contribution in [0.1, 0.15) is 0 Å². The fourth-order valence-electron chi connectivity index (χ4n) is 2.35. The van der Waals surface area contributed by atoms with E-state index in [0.29, 0.717) is 15.9 Å². The number of benzene rings is 3. The lowest BCUT2D eigenvalue weighted by Gasteiger charge is -2.16. The van der Waals surface area contributed by atoms with Crippen LogP contribution in [-0.2, 0) is 0 Å². The second-order valence-electron chi connectivity index (χ2n) is 5.68. The van der Waals surface area contributed by atoms with Gasteiger partial charge in [-0.3, -0.25) is 0 Å². The Morgan fingerprint density at radius 1 is 0.536 bits per heavy atom. The van der Waals surface area contributed by atoms with Gasteiger partial charge in [0.1, 0.15) is 0 Å². The maximum Gasteiger partial charge on any atom is 0.379 e. The van der Waals surface area contributed by atoms with E-state index in [9.17, 15) is 0 Å². The van der Waals surface area contributed by atoms with E-state index in [0.717, 1.165) is 0 Å². The summed E-state index contributed by atoms with van der Waals surface area (Å²) in [7, 11) is 0. The molecule has 10 heteroatoms. The Morgan fingerprint density at radius 3 is 1.21 bits per heavy atom. The van der Waals surface area contributed by atoms with Crippen molar-refractivity contribution >= 4 is 90.6 Å². The molecule has 0 atom stereocenters. The Labute approximate surface area is 189 Å². The van der Waals surface area contributed by atoms with Crippen LogP contribution in [0.2, 0.25) is 0 Å². The Bertz CT molecular complexity index is 971. The molecule has 0 N–H and O–H groups in total. The molecule has 28 heavy (non-hydrogen) atoms. The molecule has 0 unspecified atom stereocenters. The highest BCUT2D eigenvalue weighted by atomic mass is 35.9. The van der Waals surface area contributed by atoms with Gasteiger partial charge < -0.3 is 0 Å². The van der Waals surface area contributed by atoms with Gasteiger partial charge in [-0.2, -0.15) is 0 Å². The molecule has 0 fully saturated rings. The molecule has 3 aromatic carbocycles. The van der Waals surface area contributed by atoms with Crippen molar-refractivity contribution in [1.29, 1.82) is 0 Å². The first-order valence-corrected chi connectivity index (χ1v) is 17.8. The molecule has 0 spiro atoms. The first-order valence-electron chi connectivity index (χ1n) is 8.05. The average Bonchev–Trinajstić information content (AvgIpc) is 2.69. The molecule has 0 aliphatic carbocycles. The minimum absolute atomic E-state index is 0.694. The Hall–Kier alpha value is 0.000000000000000888. The van der Waals surface area contributed by atoms with Crippen LogP contribution in [0.25, 0.3) is 0 Å². The van der Waals surface area contributed by atoms with Crippen molar-refractivity contribution in [2.45, 2.75) is 0 Å². The second-order valence-corrected chi connectivity index (χ2v) is 20.0. The molecule has 0 amide bonds. The Morgan fingerprint density at radius 2 is 0.857 bits per heavy atom. The van der Waals surface area contributed by atoms with Crippen LogP contribution >= 0.6 is 74.6 Å². The predicted molar refractivity (Wildman–Crippen MR) is 133 cm³/mol. The third-order valence-corrected chi connectivity index (χ3v) is 16.7. The molecule has 3 rings (SSSR count). The zero-order valence-corrected chi connectivity index (χ0v) is 20.7. The van der Waals surface area contributed by atoms with Crippen molar-refractivity contribution in [3.05, 3.63) is 91.0 Å². The van der Waals surface area contributed by atoms with E-state index in [2.05, 4.69) is 0 Å². The highest BCUT2D eigenvalue weighted by Gasteiger charge is 2.46. The molecular formula is C18H15Cl5N2P3+. The molecule has 146 valence electrons. The fraction of sp³-hybridized carbons (Fsp3) is 0. The highest BCUT2D eigenvalue weighted by molar-refractivity contribution is 8.23. The van der Waals surface area contributed by atoms with Gasteiger partial charge in [0.15, 0.2) is 16.5 Å². The lowest BCUT2D eigenvalue weighted by molar-refractivity contribution is 1.72. The zero-order valence-electron chi connectivity index (χ0n) is 14.3.